The number of halogens is 1. The van der Waals surface area contributed by atoms with Gasteiger partial charge < -0.3 is 14.9 Å². The van der Waals surface area contributed by atoms with Crippen molar-refractivity contribution in [2.75, 3.05) is 20.2 Å². The largest absolute Gasteiger partial charge is 0.494 e. The summed E-state index contributed by atoms with van der Waals surface area (Å²) in [6.45, 7) is 3.24. The third-order valence-electron chi connectivity index (χ3n) is 4.69. The van der Waals surface area contributed by atoms with Crippen molar-refractivity contribution in [3.63, 3.8) is 0 Å². The Morgan fingerprint density at radius 3 is 2.78 bits per heavy atom. The molecular weight excluding hydrogens is 301 g/mol. The molecule has 1 saturated heterocycles. The first kappa shape index (κ1) is 17.7. The number of hydrogen-bond acceptors (Lipinski definition) is 4. The lowest BCUT2D eigenvalue weighted by Gasteiger charge is -2.42. The van der Waals surface area contributed by atoms with Gasteiger partial charge in [-0.3, -0.25) is 9.69 Å². The smallest absolute Gasteiger partial charge is 0.312 e. The number of methoxy groups -OCH3 is 1. The number of aliphatic hydroxyl groups is 1. The lowest BCUT2D eigenvalue weighted by molar-refractivity contribution is -0.164. The highest BCUT2D eigenvalue weighted by Crippen LogP contribution is 2.37. The molecule has 128 valence electrons. The zero-order valence-electron chi connectivity index (χ0n) is 13.6. The van der Waals surface area contributed by atoms with Gasteiger partial charge in [-0.15, -0.1) is 0 Å². The molecule has 23 heavy (non-hydrogen) atoms. The van der Waals surface area contributed by atoms with E-state index in [9.17, 15) is 19.4 Å². The first-order valence-corrected chi connectivity index (χ1v) is 7.89. The predicted octanol–water partition coefficient (Wildman–Crippen LogP) is 2.27. The van der Waals surface area contributed by atoms with Crippen LogP contribution >= 0.6 is 0 Å². The maximum atomic E-state index is 13.7. The molecule has 1 heterocycles. The van der Waals surface area contributed by atoms with Crippen LogP contribution < -0.4 is 4.74 Å². The predicted molar refractivity (Wildman–Crippen MR) is 83.8 cm³/mol. The minimum Gasteiger partial charge on any atom is -0.494 e. The Labute approximate surface area is 135 Å². The fourth-order valence-electron chi connectivity index (χ4n) is 3.34. The minimum absolute atomic E-state index is 0.195. The Hall–Kier alpha value is -1.66. The van der Waals surface area contributed by atoms with E-state index in [-0.39, 0.29) is 12.3 Å². The summed E-state index contributed by atoms with van der Waals surface area (Å²) < 4.78 is 18.6. The van der Waals surface area contributed by atoms with E-state index in [1.807, 2.05) is 11.8 Å². The highest BCUT2D eigenvalue weighted by Gasteiger charge is 2.47. The summed E-state index contributed by atoms with van der Waals surface area (Å²) in [5.41, 5.74) is -0.287. The third-order valence-corrected chi connectivity index (χ3v) is 4.69. The Morgan fingerprint density at radius 2 is 2.26 bits per heavy atom. The minimum atomic E-state index is -1.06. The fraction of sp³-hybridized carbons (Fsp3) is 0.588. The van der Waals surface area contributed by atoms with E-state index < -0.39 is 23.3 Å². The monoisotopic (exact) mass is 325 g/mol. The van der Waals surface area contributed by atoms with Crippen LogP contribution in [0.3, 0.4) is 0 Å². The van der Waals surface area contributed by atoms with Crippen LogP contribution in [0.2, 0.25) is 0 Å². The highest BCUT2D eigenvalue weighted by atomic mass is 19.1. The van der Waals surface area contributed by atoms with Crippen molar-refractivity contribution in [3.05, 3.63) is 29.6 Å². The maximum Gasteiger partial charge on any atom is 0.312 e. The molecule has 1 fully saturated rings. The number of carboxylic acids is 1. The van der Waals surface area contributed by atoms with Crippen molar-refractivity contribution in [2.24, 2.45) is 5.41 Å². The topological polar surface area (TPSA) is 70.0 Å². The Morgan fingerprint density at radius 1 is 1.52 bits per heavy atom. The number of nitrogens with zero attached hydrogens (tertiary/aromatic N) is 1. The molecule has 0 aromatic heterocycles. The molecule has 0 saturated carbocycles. The van der Waals surface area contributed by atoms with Gasteiger partial charge in [0.2, 0.25) is 0 Å². The van der Waals surface area contributed by atoms with E-state index in [0.29, 0.717) is 32.4 Å². The van der Waals surface area contributed by atoms with Crippen LogP contribution in [0.15, 0.2) is 18.2 Å². The second-order valence-corrected chi connectivity index (χ2v) is 6.18. The third kappa shape index (κ3) is 3.64. The molecule has 2 N–H and O–H groups in total. The molecule has 2 rings (SSSR count). The van der Waals surface area contributed by atoms with Crippen LogP contribution in [-0.2, 0) is 11.3 Å². The van der Waals surface area contributed by atoms with Crippen LogP contribution in [0.1, 0.15) is 31.7 Å². The Kier molecular flexibility index (Phi) is 5.59. The molecule has 1 aliphatic heterocycles. The summed E-state index contributed by atoms with van der Waals surface area (Å²) in [5, 5.41) is 19.9. The van der Waals surface area contributed by atoms with Crippen LogP contribution in [0, 0.1) is 11.2 Å². The zero-order valence-corrected chi connectivity index (χ0v) is 13.6. The molecule has 6 heteroatoms. The second-order valence-electron chi connectivity index (χ2n) is 6.18. The Balaban J connectivity index is 2.05. The molecule has 1 aromatic carbocycles. The molecular formula is C17H24FNO4. The summed E-state index contributed by atoms with van der Waals surface area (Å²) in [5.74, 6) is -1.16. The van der Waals surface area contributed by atoms with Crippen LogP contribution in [0.5, 0.6) is 5.75 Å². The number of piperidine rings is 1. The zero-order chi connectivity index (χ0) is 17.0. The van der Waals surface area contributed by atoms with E-state index >= 15 is 0 Å². The van der Waals surface area contributed by atoms with Gasteiger partial charge in [-0.25, -0.2) is 4.39 Å². The van der Waals surface area contributed by atoms with Crippen molar-refractivity contribution < 1.29 is 24.1 Å². The Bertz CT molecular complexity index is 566. The summed E-state index contributed by atoms with van der Waals surface area (Å²) >= 11 is 0. The number of aliphatic hydroxyl groups excluding tert-OH is 1. The molecule has 0 aliphatic carbocycles. The highest BCUT2D eigenvalue weighted by molar-refractivity contribution is 5.75. The van der Waals surface area contributed by atoms with E-state index in [2.05, 4.69) is 0 Å². The maximum absolute atomic E-state index is 13.7. The van der Waals surface area contributed by atoms with Gasteiger partial charge in [0.05, 0.1) is 18.6 Å². The first-order chi connectivity index (χ1) is 10.9. The molecule has 1 aliphatic rings. The van der Waals surface area contributed by atoms with Crippen molar-refractivity contribution in [1.29, 1.82) is 0 Å². The molecule has 0 amide bonds. The molecule has 0 spiro atoms. The standard InChI is InChI=1S/C17H24FNO4/c1-3-6-17(16(21)22)7-8-19(11-15(17)20)10-12-4-5-14(23-2)13(18)9-12/h4-5,9,15,20H,3,6-8,10-11H2,1-2H3,(H,21,22)/t15-,17-/m0/s1. The van der Waals surface area contributed by atoms with Crippen LogP contribution in [0.4, 0.5) is 4.39 Å². The quantitative estimate of drug-likeness (QED) is 0.840. The number of benzene rings is 1. The van der Waals surface area contributed by atoms with E-state index in [0.717, 1.165) is 5.56 Å². The van der Waals surface area contributed by atoms with Crippen molar-refractivity contribution in [1.82, 2.24) is 4.90 Å². The SMILES string of the molecule is CCC[C@]1(C(=O)O)CCN(Cc2ccc(OC)c(F)c2)C[C@@H]1O. The normalized spacial score (nSPS) is 25.3. The second kappa shape index (κ2) is 7.27. The van der Waals surface area contributed by atoms with E-state index in [1.165, 1.54) is 13.2 Å². The van der Waals surface area contributed by atoms with E-state index in [1.54, 1.807) is 12.1 Å². The summed E-state index contributed by atoms with van der Waals surface area (Å²) in [6, 6.07) is 4.76. The number of ether oxygens (including phenoxy) is 1. The van der Waals surface area contributed by atoms with Crippen molar-refractivity contribution >= 4 is 5.97 Å². The number of likely N-dealkylation sites (tertiary alicyclic amines) is 1. The van der Waals surface area contributed by atoms with E-state index in [4.69, 9.17) is 4.74 Å². The van der Waals surface area contributed by atoms with Gasteiger partial charge in [-0.1, -0.05) is 19.4 Å². The van der Waals surface area contributed by atoms with Gasteiger partial charge in [0.1, 0.15) is 0 Å². The van der Waals surface area contributed by atoms with Gasteiger partial charge >= 0.3 is 5.97 Å². The number of hydrogen-bond donors (Lipinski definition) is 2. The van der Waals surface area contributed by atoms with Crippen LogP contribution in [0.25, 0.3) is 0 Å². The summed E-state index contributed by atoms with van der Waals surface area (Å²) in [7, 11) is 1.41. The molecule has 0 radical (unpaired) electrons. The van der Waals surface area contributed by atoms with Gasteiger partial charge in [-0.2, -0.15) is 0 Å². The number of rotatable bonds is 6. The van der Waals surface area contributed by atoms with Crippen LogP contribution in [-0.4, -0.2) is 47.4 Å². The molecule has 2 atom stereocenters. The average Bonchev–Trinajstić information content (AvgIpc) is 2.50. The lowest BCUT2D eigenvalue weighted by atomic mass is 9.73. The number of β-amino-alcohol motifs (C(OH)–C–C–N with tert-alkyl or cyclic N) is 1. The molecule has 5 nitrogen and oxygen atoms in total. The van der Waals surface area contributed by atoms with Gasteiger partial charge in [0.15, 0.2) is 11.6 Å². The number of carboxylic acid groups (broad SMARTS) is 1. The van der Waals surface area contributed by atoms with Gasteiger partial charge in [0.25, 0.3) is 0 Å². The lowest BCUT2D eigenvalue weighted by Crippen LogP contribution is -2.54. The fourth-order valence-corrected chi connectivity index (χ4v) is 3.34. The summed E-state index contributed by atoms with van der Waals surface area (Å²) in [6.07, 6.45) is 0.661. The van der Waals surface area contributed by atoms with Crippen molar-refractivity contribution in [2.45, 2.75) is 38.8 Å². The van der Waals surface area contributed by atoms with Gasteiger partial charge in [-0.05, 0) is 37.1 Å². The first-order valence-electron chi connectivity index (χ1n) is 7.89. The molecule has 0 bridgehead atoms. The van der Waals surface area contributed by atoms with Crippen molar-refractivity contribution in [3.8, 4) is 5.75 Å². The number of aliphatic carboxylic acids is 1. The average molecular weight is 325 g/mol. The van der Waals surface area contributed by atoms with Gasteiger partial charge in [0, 0.05) is 13.1 Å². The number of carbonyl (C=O) groups is 1. The summed E-state index contributed by atoms with van der Waals surface area (Å²) in [4.78, 5) is 13.6. The molecule has 0 unspecified atom stereocenters. The molecule has 1 aromatic rings.